The van der Waals surface area contributed by atoms with Gasteiger partial charge in [-0.1, -0.05) is 52.5 Å². The maximum Gasteiger partial charge on any atom is 0.141 e. The lowest BCUT2D eigenvalue weighted by molar-refractivity contribution is 0.303. The van der Waals surface area contributed by atoms with E-state index in [0.29, 0.717) is 38.8 Å². The summed E-state index contributed by atoms with van der Waals surface area (Å²) in [6.45, 7) is 0.768. The Labute approximate surface area is 143 Å². The fourth-order valence-electron chi connectivity index (χ4n) is 1.91. The van der Waals surface area contributed by atoms with Crippen LogP contribution in [0, 0.1) is 0 Å². The Morgan fingerprint density at radius 2 is 1.57 bits per heavy atom. The van der Waals surface area contributed by atoms with Gasteiger partial charge >= 0.3 is 0 Å². The molecule has 21 heavy (non-hydrogen) atoms. The molecule has 2 rings (SSSR count). The van der Waals surface area contributed by atoms with E-state index in [1.807, 2.05) is 6.07 Å². The second kappa shape index (κ2) is 7.57. The van der Waals surface area contributed by atoms with Crippen molar-refractivity contribution in [2.45, 2.75) is 13.0 Å². The fourth-order valence-corrected chi connectivity index (χ4v) is 2.96. The van der Waals surface area contributed by atoms with E-state index >= 15 is 0 Å². The van der Waals surface area contributed by atoms with Crippen LogP contribution in [-0.4, -0.2) is 6.54 Å². The molecule has 2 aromatic rings. The highest BCUT2D eigenvalue weighted by Crippen LogP contribution is 2.34. The maximum atomic E-state index is 6.20. The summed E-state index contributed by atoms with van der Waals surface area (Å²) in [6, 6.07) is 8.70. The zero-order valence-electron chi connectivity index (χ0n) is 11.0. The smallest absolute Gasteiger partial charge is 0.141 e. The van der Waals surface area contributed by atoms with Gasteiger partial charge in [0.05, 0.1) is 5.02 Å². The van der Waals surface area contributed by atoms with E-state index in [1.165, 1.54) is 0 Å². The summed E-state index contributed by atoms with van der Waals surface area (Å²) in [6.07, 6.45) is 0.629. The molecule has 2 nitrogen and oxygen atoms in total. The van der Waals surface area contributed by atoms with E-state index in [1.54, 1.807) is 24.3 Å². The van der Waals surface area contributed by atoms with Crippen molar-refractivity contribution in [3.63, 3.8) is 0 Å². The quantitative estimate of drug-likeness (QED) is 0.772. The molecule has 0 radical (unpaired) electrons. The molecule has 0 aromatic heterocycles. The Balaban J connectivity index is 2.23. The summed E-state index contributed by atoms with van der Waals surface area (Å²) in [5.74, 6) is 0.581. The number of halogens is 4. The first-order valence-corrected chi connectivity index (χ1v) is 7.77. The number of benzene rings is 2. The minimum atomic E-state index is 0.287. The summed E-state index contributed by atoms with van der Waals surface area (Å²) in [5, 5.41) is 2.14. The van der Waals surface area contributed by atoms with Crippen molar-refractivity contribution in [1.82, 2.24) is 0 Å². The summed E-state index contributed by atoms with van der Waals surface area (Å²) >= 11 is 24.2. The van der Waals surface area contributed by atoms with Crippen LogP contribution >= 0.6 is 46.4 Å². The minimum absolute atomic E-state index is 0.287. The van der Waals surface area contributed by atoms with E-state index in [2.05, 4.69) is 0 Å². The lowest BCUT2D eigenvalue weighted by Crippen LogP contribution is -2.06. The summed E-state index contributed by atoms with van der Waals surface area (Å²) in [5.41, 5.74) is 7.30. The largest absolute Gasteiger partial charge is 0.487 e. The van der Waals surface area contributed by atoms with Gasteiger partial charge in [0.25, 0.3) is 0 Å². The average molecular weight is 365 g/mol. The number of hydrogen-bond acceptors (Lipinski definition) is 2. The lowest BCUT2D eigenvalue weighted by Gasteiger charge is -2.14. The third-order valence-electron chi connectivity index (χ3n) is 2.89. The van der Waals surface area contributed by atoms with E-state index in [-0.39, 0.29) is 6.61 Å². The Kier molecular flexibility index (Phi) is 6.03. The van der Waals surface area contributed by atoms with E-state index in [4.69, 9.17) is 56.9 Å². The van der Waals surface area contributed by atoms with Crippen molar-refractivity contribution in [2.75, 3.05) is 6.54 Å². The molecular weight excluding hydrogens is 352 g/mol. The third-order valence-corrected chi connectivity index (χ3v) is 3.97. The molecule has 0 aliphatic rings. The lowest BCUT2D eigenvalue weighted by atomic mass is 10.1. The summed E-state index contributed by atoms with van der Waals surface area (Å²) in [7, 11) is 0. The van der Waals surface area contributed by atoms with E-state index in [0.717, 1.165) is 11.1 Å². The van der Waals surface area contributed by atoms with Gasteiger partial charge in [0, 0.05) is 20.6 Å². The second-order valence-corrected chi connectivity index (χ2v) is 6.13. The molecule has 112 valence electrons. The molecule has 2 aromatic carbocycles. The molecule has 2 N–H and O–H groups in total. The zero-order valence-corrected chi connectivity index (χ0v) is 14.0. The highest BCUT2D eigenvalue weighted by atomic mass is 35.5. The van der Waals surface area contributed by atoms with Gasteiger partial charge in [-0.2, -0.15) is 0 Å². The van der Waals surface area contributed by atoms with Crippen LogP contribution in [0.1, 0.15) is 11.1 Å². The molecular formula is C15H13Cl4NO. The molecule has 6 heteroatoms. The van der Waals surface area contributed by atoms with Crippen molar-refractivity contribution in [3.8, 4) is 5.75 Å². The molecule has 0 amide bonds. The Bertz CT molecular complexity index is 646. The molecule has 0 saturated carbocycles. The van der Waals surface area contributed by atoms with Crippen LogP contribution in [0.3, 0.4) is 0 Å². The number of rotatable bonds is 5. The topological polar surface area (TPSA) is 35.2 Å². The molecule has 0 heterocycles. The monoisotopic (exact) mass is 363 g/mol. The fraction of sp³-hybridized carbons (Fsp3) is 0.200. The molecule has 0 aliphatic heterocycles. The van der Waals surface area contributed by atoms with Crippen LogP contribution in [0.25, 0.3) is 0 Å². The van der Waals surface area contributed by atoms with E-state index < -0.39 is 0 Å². The van der Waals surface area contributed by atoms with Crippen LogP contribution in [-0.2, 0) is 13.0 Å². The molecule has 0 bridgehead atoms. The standard InChI is InChI=1S/C15H13Cl4NO/c16-11-2-1-10(13(18)6-11)8-21-15-9(3-4-20)5-12(17)7-14(15)19/h1-2,5-7H,3-4,8,20H2. The van der Waals surface area contributed by atoms with Gasteiger partial charge < -0.3 is 10.5 Å². The Hall–Kier alpha value is -0.640. The molecule has 0 atom stereocenters. The maximum absolute atomic E-state index is 6.20. The van der Waals surface area contributed by atoms with Crippen LogP contribution in [0.15, 0.2) is 30.3 Å². The van der Waals surface area contributed by atoms with Gasteiger partial charge in [-0.3, -0.25) is 0 Å². The SMILES string of the molecule is NCCc1cc(Cl)cc(Cl)c1OCc1ccc(Cl)cc1Cl. The normalized spacial score (nSPS) is 10.7. The Morgan fingerprint density at radius 1 is 0.857 bits per heavy atom. The molecule has 0 unspecified atom stereocenters. The van der Waals surface area contributed by atoms with Gasteiger partial charge in [0.2, 0.25) is 0 Å². The first-order chi connectivity index (χ1) is 10.0. The van der Waals surface area contributed by atoms with Crippen molar-refractivity contribution in [1.29, 1.82) is 0 Å². The van der Waals surface area contributed by atoms with Crippen LogP contribution < -0.4 is 10.5 Å². The highest BCUT2D eigenvalue weighted by molar-refractivity contribution is 6.36. The molecule has 0 saturated heterocycles. The van der Waals surface area contributed by atoms with Crippen LogP contribution in [0.2, 0.25) is 20.1 Å². The number of ether oxygens (including phenoxy) is 1. The third kappa shape index (κ3) is 4.41. The average Bonchev–Trinajstić information content (AvgIpc) is 2.40. The number of hydrogen-bond donors (Lipinski definition) is 1. The molecule has 0 fully saturated rings. The summed E-state index contributed by atoms with van der Waals surface area (Å²) in [4.78, 5) is 0. The van der Waals surface area contributed by atoms with Gasteiger partial charge in [0.15, 0.2) is 0 Å². The predicted molar refractivity (Wildman–Crippen MR) is 90.0 cm³/mol. The second-order valence-electron chi connectivity index (χ2n) is 4.44. The van der Waals surface area contributed by atoms with Gasteiger partial charge in [-0.25, -0.2) is 0 Å². The van der Waals surface area contributed by atoms with Crippen molar-refractivity contribution < 1.29 is 4.74 Å². The van der Waals surface area contributed by atoms with Gasteiger partial charge in [-0.05, 0) is 42.8 Å². The summed E-state index contributed by atoms with van der Waals surface area (Å²) < 4.78 is 5.81. The van der Waals surface area contributed by atoms with Crippen LogP contribution in [0.5, 0.6) is 5.75 Å². The van der Waals surface area contributed by atoms with Crippen molar-refractivity contribution in [2.24, 2.45) is 5.73 Å². The zero-order chi connectivity index (χ0) is 15.4. The Morgan fingerprint density at radius 3 is 2.24 bits per heavy atom. The van der Waals surface area contributed by atoms with Gasteiger partial charge in [-0.15, -0.1) is 0 Å². The highest BCUT2D eigenvalue weighted by Gasteiger charge is 2.11. The van der Waals surface area contributed by atoms with Gasteiger partial charge in [0.1, 0.15) is 12.4 Å². The minimum Gasteiger partial charge on any atom is -0.487 e. The van der Waals surface area contributed by atoms with Crippen molar-refractivity contribution in [3.05, 3.63) is 61.5 Å². The first-order valence-electron chi connectivity index (χ1n) is 6.26. The molecule has 0 aliphatic carbocycles. The van der Waals surface area contributed by atoms with Crippen molar-refractivity contribution >= 4 is 46.4 Å². The molecule has 0 spiro atoms. The van der Waals surface area contributed by atoms with Crippen LogP contribution in [0.4, 0.5) is 0 Å². The number of nitrogens with two attached hydrogens (primary N) is 1. The predicted octanol–water partition coefficient (Wildman–Crippen LogP) is 5.38. The first kappa shape index (κ1) is 16.7. The van der Waals surface area contributed by atoms with E-state index in [9.17, 15) is 0 Å².